The first kappa shape index (κ1) is 19.5. The molecule has 28 heavy (non-hydrogen) atoms. The fourth-order valence-corrected chi connectivity index (χ4v) is 3.30. The van der Waals surface area contributed by atoms with Crippen LogP contribution >= 0.6 is 0 Å². The summed E-state index contributed by atoms with van der Waals surface area (Å²) < 4.78 is 44.9. The van der Waals surface area contributed by atoms with Crippen LogP contribution in [-0.4, -0.2) is 14.3 Å². The average Bonchev–Trinajstić information content (AvgIpc) is 3.21. The Morgan fingerprint density at radius 1 is 1.04 bits per heavy atom. The van der Waals surface area contributed by atoms with Crippen LogP contribution in [0.5, 0.6) is 0 Å². The third kappa shape index (κ3) is 5.38. The lowest BCUT2D eigenvalue weighted by Crippen LogP contribution is -2.22. The normalized spacial score (nSPS) is 11.6. The molecule has 0 saturated heterocycles. The summed E-state index contributed by atoms with van der Waals surface area (Å²) in [7, 11) is -3.67. The zero-order chi connectivity index (χ0) is 20.0. The Morgan fingerprint density at radius 3 is 2.39 bits per heavy atom. The number of sulfonamides is 1. The molecule has 3 rings (SSSR count). The number of hydrogen-bond donors (Lipinski definition) is 2. The van der Waals surface area contributed by atoms with Gasteiger partial charge in [0, 0.05) is 11.8 Å². The van der Waals surface area contributed by atoms with Crippen LogP contribution in [0.3, 0.4) is 0 Å². The second-order valence-corrected chi connectivity index (χ2v) is 7.57. The number of rotatable bonds is 7. The lowest BCUT2D eigenvalue weighted by molar-refractivity contribution is -0.111. The highest BCUT2D eigenvalue weighted by molar-refractivity contribution is 7.89. The summed E-state index contributed by atoms with van der Waals surface area (Å²) in [6.07, 6.45) is 4.32. The van der Waals surface area contributed by atoms with Gasteiger partial charge in [0.05, 0.1) is 17.7 Å². The summed E-state index contributed by atoms with van der Waals surface area (Å²) in [5.41, 5.74) is 1.12. The fourth-order valence-electron chi connectivity index (χ4n) is 2.31. The predicted octanol–water partition coefficient (Wildman–Crippen LogP) is 3.55. The Kier molecular flexibility index (Phi) is 6.03. The Bertz CT molecular complexity index is 1060. The molecule has 6 nitrogen and oxygen atoms in total. The third-order valence-corrected chi connectivity index (χ3v) is 5.16. The molecular formula is C20H17FN2O4S. The van der Waals surface area contributed by atoms with Crippen molar-refractivity contribution in [3.8, 4) is 0 Å². The molecule has 1 aromatic heterocycles. The molecule has 0 bridgehead atoms. The van der Waals surface area contributed by atoms with Crippen LogP contribution in [0.1, 0.15) is 11.3 Å². The summed E-state index contributed by atoms with van der Waals surface area (Å²) in [5.74, 6) is -0.263. The standard InChI is InChI=1S/C20H17FN2O4S/c21-16-6-8-17(9-7-16)23-20(24)12-5-15-3-10-19(11-4-15)28(25,26)22-14-18-2-1-13-27-18/h1-13,22H,14H2,(H,23,24). The van der Waals surface area contributed by atoms with Gasteiger partial charge in [-0.25, -0.2) is 17.5 Å². The topological polar surface area (TPSA) is 88.4 Å². The van der Waals surface area contributed by atoms with E-state index in [-0.39, 0.29) is 23.2 Å². The van der Waals surface area contributed by atoms with E-state index in [1.807, 2.05) is 0 Å². The maximum atomic E-state index is 12.9. The molecule has 0 aliphatic rings. The Balaban J connectivity index is 1.59. The van der Waals surface area contributed by atoms with Gasteiger partial charge in [0.1, 0.15) is 11.6 Å². The second kappa shape index (κ2) is 8.64. The Labute approximate surface area is 161 Å². The maximum absolute atomic E-state index is 12.9. The van der Waals surface area contributed by atoms with Crippen LogP contribution < -0.4 is 10.0 Å². The number of hydrogen-bond acceptors (Lipinski definition) is 4. The average molecular weight is 400 g/mol. The molecule has 1 heterocycles. The summed E-state index contributed by atoms with van der Waals surface area (Å²) in [4.78, 5) is 12.0. The van der Waals surface area contributed by atoms with E-state index in [9.17, 15) is 17.6 Å². The summed E-state index contributed by atoms with van der Waals surface area (Å²) in [6.45, 7) is 0.0561. The minimum Gasteiger partial charge on any atom is -0.468 e. The summed E-state index contributed by atoms with van der Waals surface area (Å²) in [6, 6.07) is 14.8. The van der Waals surface area contributed by atoms with Crippen LogP contribution in [0.4, 0.5) is 10.1 Å². The Morgan fingerprint density at radius 2 is 1.75 bits per heavy atom. The van der Waals surface area contributed by atoms with Gasteiger partial charge >= 0.3 is 0 Å². The fraction of sp³-hybridized carbons (Fsp3) is 0.0500. The molecule has 0 radical (unpaired) electrons. The predicted molar refractivity (Wildman–Crippen MR) is 103 cm³/mol. The molecule has 1 amide bonds. The molecule has 2 aromatic carbocycles. The van der Waals surface area contributed by atoms with Crippen LogP contribution in [0.15, 0.2) is 82.3 Å². The van der Waals surface area contributed by atoms with Crippen molar-refractivity contribution in [2.75, 3.05) is 5.32 Å². The van der Waals surface area contributed by atoms with E-state index in [0.29, 0.717) is 17.0 Å². The van der Waals surface area contributed by atoms with Crippen molar-refractivity contribution in [2.24, 2.45) is 0 Å². The van der Waals surface area contributed by atoms with Gasteiger partial charge in [-0.15, -0.1) is 0 Å². The van der Waals surface area contributed by atoms with Gasteiger partial charge in [0.15, 0.2) is 0 Å². The number of carbonyl (C=O) groups is 1. The molecule has 0 aliphatic heterocycles. The molecule has 2 N–H and O–H groups in total. The van der Waals surface area contributed by atoms with E-state index < -0.39 is 10.0 Å². The van der Waals surface area contributed by atoms with Gasteiger partial charge in [-0.3, -0.25) is 4.79 Å². The van der Waals surface area contributed by atoms with Gasteiger partial charge in [0.2, 0.25) is 15.9 Å². The highest BCUT2D eigenvalue weighted by Crippen LogP contribution is 2.13. The summed E-state index contributed by atoms with van der Waals surface area (Å²) in [5, 5.41) is 2.60. The van der Waals surface area contributed by atoms with Crippen molar-refractivity contribution in [2.45, 2.75) is 11.4 Å². The van der Waals surface area contributed by atoms with E-state index in [1.54, 1.807) is 30.3 Å². The molecule has 144 valence electrons. The molecule has 0 aliphatic carbocycles. The van der Waals surface area contributed by atoms with Gasteiger partial charge in [-0.05, 0) is 60.2 Å². The number of nitrogens with one attached hydrogen (secondary N) is 2. The van der Waals surface area contributed by atoms with Crippen molar-refractivity contribution >= 4 is 27.7 Å². The van der Waals surface area contributed by atoms with E-state index in [0.717, 1.165) is 0 Å². The molecule has 3 aromatic rings. The molecule has 0 fully saturated rings. The monoisotopic (exact) mass is 400 g/mol. The molecule has 0 unspecified atom stereocenters. The van der Waals surface area contributed by atoms with Crippen molar-refractivity contribution in [1.82, 2.24) is 4.72 Å². The number of furan rings is 1. The number of anilines is 1. The van der Waals surface area contributed by atoms with Crippen LogP contribution in [0, 0.1) is 5.82 Å². The van der Waals surface area contributed by atoms with Crippen molar-refractivity contribution < 1.29 is 22.0 Å². The maximum Gasteiger partial charge on any atom is 0.248 e. The van der Waals surface area contributed by atoms with Crippen molar-refractivity contribution in [3.05, 3.63) is 90.1 Å². The van der Waals surface area contributed by atoms with Gasteiger partial charge in [-0.1, -0.05) is 12.1 Å². The van der Waals surface area contributed by atoms with E-state index in [2.05, 4.69) is 10.0 Å². The van der Waals surface area contributed by atoms with E-state index >= 15 is 0 Å². The van der Waals surface area contributed by atoms with Gasteiger partial charge in [0.25, 0.3) is 0 Å². The van der Waals surface area contributed by atoms with Gasteiger partial charge in [-0.2, -0.15) is 0 Å². The number of benzene rings is 2. The highest BCUT2D eigenvalue weighted by Gasteiger charge is 2.13. The summed E-state index contributed by atoms with van der Waals surface area (Å²) >= 11 is 0. The zero-order valence-corrected chi connectivity index (χ0v) is 15.4. The largest absolute Gasteiger partial charge is 0.468 e. The number of carbonyl (C=O) groups excluding carboxylic acids is 1. The molecule has 0 atom stereocenters. The van der Waals surface area contributed by atoms with Crippen molar-refractivity contribution in [3.63, 3.8) is 0 Å². The molecular weight excluding hydrogens is 383 g/mol. The van der Waals surface area contributed by atoms with Crippen LogP contribution in [-0.2, 0) is 21.4 Å². The van der Waals surface area contributed by atoms with Gasteiger partial charge < -0.3 is 9.73 Å². The molecule has 0 spiro atoms. The van der Waals surface area contributed by atoms with Crippen molar-refractivity contribution in [1.29, 1.82) is 0 Å². The van der Waals surface area contributed by atoms with Crippen LogP contribution in [0.25, 0.3) is 6.08 Å². The lowest BCUT2D eigenvalue weighted by Gasteiger charge is -2.05. The first-order valence-corrected chi connectivity index (χ1v) is 9.77. The van der Waals surface area contributed by atoms with E-state index in [4.69, 9.17) is 4.42 Å². The molecule has 0 saturated carbocycles. The zero-order valence-electron chi connectivity index (χ0n) is 14.6. The quantitative estimate of drug-likeness (QED) is 0.594. The number of amides is 1. The van der Waals surface area contributed by atoms with E-state index in [1.165, 1.54) is 48.7 Å². The minimum absolute atomic E-state index is 0.0561. The molecule has 8 heteroatoms. The lowest BCUT2D eigenvalue weighted by atomic mass is 10.2. The SMILES string of the molecule is O=C(C=Cc1ccc(S(=O)(=O)NCc2ccco2)cc1)Nc1ccc(F)cc1. The highest BCUT2D eigenvalue weighted by atomic mass is 32.2. The third-order valence-electron chi connectivity index (χ3n) is 3.75. The minimum atomic E-state index is -3.67. The Hall–Kier alpha value is -3.23. The number of halogens is 1. The first-order chi connectivity index (χ1) is 13.4. The second-order valence-electron chi connectivity index (χ2n) is 5.80. The van der Waals surface area contributed by atoms with Crippen LogP contribution in [0.2, 0.25) is 0 Å². The first-order valence-electron chi connectivity index (χ1n) is 8.29. The smallest absolute Gasteiger partial charge is 0.248 e.